The van der Waals surface area contributed by atoms with E-state index in [0.717, 1.165) is 0 Å². The molecule has 0 amide bonds. The minimum Gasteiger partial charge on any atom is -0.309 e. The third kappa shape index (κ3) is 4.56. The Morgan fingerprint density at radius 1 is 0.415 bits per heavy atom. The number of rotatable bonds is 4. The predicted octanol–water partition coefficient (Wildman–Crippen LogP) is 14.3. The van der Waals surface area contributed by atoms with Crippen molar-refractivity contribution in [2.45, 2.75) is 19.8 Å². The van der Waals surface area contributed by atoms with E-state index in [2.05, 4.69) is 188 Å². The lowest BCUT2D eigenvalue weighted by Crippen LogP contribution is -2.04. The maximum Gasteiger partial charge on any atom is 0.0541 e. The first-order valence-electron chi connectivity index (χ1n) is 18.5. The minimum atomic E-state index is 0.166. The molecule has 1 aliphatic rings. The van der Waals surface area contributed by atoms with Crippen LogP contribution >= 0.6 is 11.3 Å². The first kappa shape index (κ1) is 30.4. The minimum absolute atomic E-state index is 0.166. The lowest BCUT2D eigenvalue weighted by molar-refractivity contribution is 0.998. The van der Waals surface area contributed by atoms with Crippen LogP contribution in [0, 0.1) is 13.8 Å². The molecular formula is C51H35NS. The van der Waals surface area contributed by atoms with Crippen LogP contribution in [0.25, 0.3) is 81.0 Å². The fraction of sp³-hybridized carbons (Fsp3) is 0.0588. The van der Waals surface area contributed by atoms with Gasteiger partial charge >= 0.3 is 0 Å². The summed E-state index contributed by atoms with van der Waals surface area (Å²) in [4.78, 5) is 0. The fourth-order valence-electron chi connectivity index (χ4n) is 9.13. The van der Waals surface area contributed by atoms with Gasteiger partial charge in [0.1, 0.15) is 0 Å². The van der Waals surface area contributed by atoms with Crippen molar-refractivity contribution >= 4 is 53.3 Å². The third-order valence-corrected chi connectivity index (χ3v) is 12.8. The van der Waals surface area contributed by atoms with E-state index in [0.29, 0.717) is 0 Å². The van der Waals surface area contributed by atoms with Crippen LogP contribution in [0.3, 0.4) is 0 Å². The lowest BCUT2D eigenvalue weighted by Gasteiger charge is -2.22. The quantitative estimate of drug-likeness (QED) is 0.173. The van der Waals surface area contributed by atoms with Crippen molar-refractivity contribution in [1.29, 1.82) is 0 Å². The molecule has 0 saturated carbocycles. The molecule has 0 atom stereocenters. The van der Waals surface area contributed by atoms with Crippen molar-refractivity contribution in [2.75, 3.05) is 0 Å². The second-order valence-corrected chi connectivity index (χ2v) is 15.6. The SMILES string of the molecule is Cc1ccccc1-c1cc(-c2ccc3c(c2)c2ccccc2n3-c2ccc3sc4ccccc4c3c2)cc(C2c3ccccc3-c3ccccc32)c1C. The summed E-state index contributed by atoms with van der Waals surface area (Å²) in [5.74, 6) is 0.166. The van der Waals surface area contributed by atoms with Crippen molar-refractivity contribution in [3.63, 3.8) is 0 Å². The molecule has 53 heavy (non-hydrogen) atoms. The summed E-state index contributed by atoms with van der Waals surface area (Å²) in [5, 5.41) is 5.18. The van der Waals surface area contributed by atoms with Gasteiger partial charge in [0.2, 0.25) is 0 Å². The van der Waals surface area contributed by atoms with E-state index in [1.807, 2.05) is 11.3 Å². The topological polar surface area (TPSA) is 4.93 Å². The average Bonchev–Trinajstić information content (AvgIpc) is 3.86. The summed E-state index contributed by atoms with van der Waals surface area (Å²) in [5.41, 5.74) is 18.2. The zero-order valence-electron chi connectivity index (χ0n) is 29.6. The molecule has 0 saturated heterocycles. The van der Waals surface area contributed by atoms with Crippen molar-refractivity contribution < 1.29 is 0 Å². The Hall–Kier alpha value is -6.22. The Bertz CT molecular complexity index is 3050. The van der Waals surface area contributed by atoms with Crippen molar-refractivity contribution in [3.05, 3.63) is 198 Å². The normalized spacial score (nSPS) is 12.6. The van der Waals surface area contributed by atoms with Crippen molar-refractivity contribution in [2.24, 2.45) is 0 Å². The molecule has 2 heteroatoms. The van der Waals surface area contributed by atoms with E-state index in [1.165, 1.54) is 109 Å². The summed E-state index contributed by atoms with van der Waals surface area (Å²) in [6.07, 6.45) is 0. The van der Waals surface area contributed by atoms with Crippen LogP contribution in [0.15, 0.2) is 170 Å². The maximum atomic E-state index is 2.48. The van der Waals surface area contributed by atoms with Gasteiger partial charge in [-0.2, -0.15) is 0 Å². The molecule has 1 aliphatic carbocycles. The molecule has 2 aromatic heterocycles. The van der Waals surface area contributed by atoms with E-state index in [9.17, 15) is 0 Å². The molecule has 0 fully saturated rings. The molecule has 2 heterocycles. The van der Waals surface area contributed by atoms with E-state index < -0.39 is 0 Å². The molecule has 0 N–H and O–H groups in total. The highest BCUT2D eigenvalue weighted by atomic mass is 32.1. The fourth-order valence-corrected chi connectivity index (χ4v) is 10.2. The highest BCUT2D eigenvalue weighted by Crippen LogP contribution is 2.50. The largest absolute Gasteiger partial charge is 0.309 e. The molecule has 11 rings (SSSR count). The van der Waals surface area contributed by atoms with Gasteiger partial charge in [-0.3, -0.25) is 0 Å². The first-order chi connectivity index (χ1) is 26.1. The van der Waals surface area contributed by atoms with Gasteiger partial charge in [0, 0.05) is 42.6 Å². The molecule has 250 valence electrons. The standard InChI is InChI=1S/C51H35NS/c1-31-13-3-4-14-36(31)43-28-34(29-44(32(43)2)51-41-19-7-5-15-37(41)38-16-6-8-20-42(38)51)33-23-25-48-45(27-33)39-17-9-11-21-47(39)52(48)35-24-26-50-46(30-35)40-18-10-12-22-49(40)53-50/h3-30,51H,1-2H3. The Morgan fingerprint density at radius 2 is 1.06 bits per heavy atom. The second-order valence-electron chi connectivity index (χ2n) is 14.5. The number of aryl methyl sites for hydroxylation is 1. The summed E-state index contributed by atoms with van der Waals surface area (Å²) in [7, 11) is 0. The van der Waals surface area contributed by atoms with Crippen LogP contribution in [0.2, 0.25) is 0 Å². The first-order valence-corrected chi connectivity index (χ1v) is 19.3. The zero-order valence-corrected chi connectivity index (χ0v) is 30.4. The Labute approximate surface area is 313 Å². The molecule has 0 unspecified atom stereocenters. The molecular weight excluding hydrogens is 659 g/mol. The zero-order chi connectivity index (χ0) is 35.2. The molecule has 1 nitrogen and oxygen atoms in total. The molecule has 0 bridgehead atoms. The van der Waals surface area contributed by atoms with E-state index in [-0.39, 0.29) is 5.92 Å². The second kappa shape index (κ2) is 11.6. The average molecular weight is 694 g/mol. The third-order valence-electron chi connectivity index (χ3n) is 11.7. The number of nitrogens with zero attached hydrogens (tertiary/aromatic N) is 1. The monoisotopic (exact) mass is 693 g/mol. The van der Waals surface area contributed by atoms with Crippen LogP contribution in [0.5, 0.6) is 0 Å². The lowest BCUT2D eigenvalue weighted by atomic mass is 9.81. The Morgan fingerprint density at radius 3 is 1.85 bits per heavy atom. The Kier molecular flexibility index (Phi) is 6.68. The Balaban J connectivity index is 1.14. The molecule has 0 aliphatic heterocycles. The number of benzene rings is 8. The van der Waals surface area contributed by atoms with Crippen LogP contribution < -0.4 is 0 Å². The predicted molar refractivity (Wildman–Crippen MR) is 227 cm³/mol. The van der Waals surface area contributed by atoms with Gasteiger partial charge < -0.3 is 4.57 Å². The summed E-state index contributed by atoms with van der Waals surface area (Å²) in [6, 6.07) is 63.4. The van der Waals surface area contributed by atoms with Gasteiger partial charge in [-0.25, -0.2) is 0 Å². The van der Waals surface area contributed by atoms with Crippen LogP contribution in [0.1, 0.15) is 33.7 Å². The van der Waals surface area contributed by atoms with Gasteiger partial charge in [0.05, 0.1) is 11.0 Å². The smallest absolute Gasteiger partial charge is 0.0541 e. The van der Waals surface area contributed by atoms with Gasteiger partial charge in [-0.05, 0) is 130 Å². The molecule has 8 aromatic carbocycles. The molecule has 0 radical (unpaired) electrons. The van der Waals surface area contributed by atoms with Crippen molar-refractivity contribution in [3.8, 4) is 39.1 Å². The highest BCUT2D eigenvalue weighted by Gasteiger charge is 2.31. The van der Waals surface area contributed by atoms with Gasteiger partial charge in [-0.1, -0.05) is 115 Å². The van der Waals surface area contributed by atoms with E-state index in [4.69, 9.17) is 0 Å². The van der Waals surface area contributed by atoms with E-state index in [1.54, 1.807) is 0 Å². The highest BCUT2D eigenvalue weighted by molar-refractivity contribution is 7.25. The number of fused-ring (bicyclic) bond motifs is 9. The van der Waals surface area contributed by atoms with Gasteiger partial charge in [-0.15, -0.1) is 11.3 Å². The number of thiophene rings is 1. The van der Waals surface area contributed by atoms with Crippen molar-refractivity contribution in [1.82, 2.24) is 4.57 Å². The number of para-hydroxylation sites is 1. The van der Waals surface area contributed by atoms with Gasteiger partial charge in [0.25, 0.3) is 0 Å². The number of aromatic nitrogens is 1. The van der Waals surface area contributed by atoms with Gasteiger partial charge in [0.15, 0.2) is 0 Å². The summed E-state index contributed by atoms with van der Waals surface area (Å²) < 4.78 is 5.11. The van der Waals surface area contributed by atoms with E-state index >= 15 is 0 Å². The molecule has 10 aromatic rings. The van der Waals surface area contributed by atoms with Crippen LogP contribution in [0.4, 0.5) is 0 Å². The summed E-state index contributed by atoms with van der Waals surface area (Å²) >= 11 is 1.87. The maximum absolute atomic E-state index is 2.48. The van der Waals surface area contributed by atoms with Crippen LogP contribution in [-0.2, 0) is 0 Å². The summed E-state index contributed by atoms with van der Waals surface area (Å²) in [6.45, 7) is 4.56. The van der Waals surface area contributed by atoms with Crippen LogP contribution in [-0.4, -0.2) is 4.57 Å². The number of hydrogen-bond donors (Lipinski definition) is 0. The molecule has 0 spiro atoms. The number of hydrogen-bond acceptors (Lipinski definition) is 1.